The molecule has 1 atom stereocenters. The normalized spacial score (nSPS) is 11.7. The summed E-state index contributed by atoms with van der Waals surface area (Å²) in [7, 11) is 1.66. The number of methoxy groups -OCH3 is 1. The summed E-state index contributed by atoms with van der Waals surface area (Å²) < 4.78 is 5.14. The van der Waals surface area contributed by atoms with Gasteiger partial charge in [-0.2, -0.15) is 0 Å². The highest BCUT2D eigenvalue weighted by Crippen LogP contribution is 2.18. The molecule has 1 unspecified atom stereocenters. The minimum Gasteiger partial charge on any atom is -0.497 e. The van der Waals surface area contributed by atoms with Crippen molar-refractivity contribution >= 4 is 11.4 Å². The molecule has 0 spiro atoms. The molecular formula is C17H20N2O3. The molecule has 2 aromatic carbocycles. The largest absolute Gasteiger partial charge is 0.497 e. The standard InChI is InChI=1S/C17H20N2O3/c1-13(3-4-14-5-11-17(22-2)12-6-14)18-15-7-9-16(10-8-15)19(20)21/h5-13,18H,3-4H2,1-2H3. The molecule has 0 bridgehead atoms. The van der Waals surface area contributed by atoms with E-state index in [0.29, 0.717) is 0 Å². The predicted molar refractivity (Wildman–Crippen MR) is 87.5 cm³/mol. The van der Waals surface area contributed by atoms with E-state index in [2.05, 4.69) is 24.4 Å². The van der Waals surface area contributed by atoms with Crippen LogP contribution in [0.4, 0.5) is 11.4 Å². The van der Waals surface area contributed by atoms with Crippen molar-refractivity contribution in [1.29, 1.82) is 0 Å². The van der Waals surface area contributed by atoms with Crippen molar-refractivity contribution in [3.05, 3.63) is 64.2 Å². The molecule has 2 aromatic rings. The second-order valence-corrected chi connectivity index (χ2v) is 5.24. The molecule has 0 aromatic heterocycles. The second-order valence-electron chi connectivity index (χ2n) is 5.24. The molecule has 0 aliphatic carbocycles. The molecule has 5 nitrogen and oxygen atoms in total. The van der Waals surface area contributed by atoms with Crippen LogP contribution in [0.1, 0.15) is 18.9 Å². The first-order valence-corrected chi connectivity index (χ1v) is 7.22. The minimum atomic E-state index is -0.392. The van der Waals surface area contributed by atoms with Crippen LogP contribution in [0.2, 0.25) is 0 Å². The van der Waals surface area contributed by atoms with E-state index < -0.39 is 4.92 Å². The molecule has 0 fully saturated rings. The highest BCUT2D eigenvalue weighted by Gasteiger charge is 2.06. The molecule has 0 aliphatic heterocycles. The average Bonchev–Trinajstić information content (AvgIpc) is 2.54. The van der Waals surface area contributed by atoms with Crippen LogP contribution < -0.4 is 10.1 Å². The Balaban J connectivity index is 1.84. The zero-order valence-corrected chi connectivity index (χ0v) is 12.8. The van der Waals surface area contributed by atoms with Gasteiger partial charge in [-0.3, -0.25) is 10.1 Å². The fourth-order valence-corrected chi connectivity index (χ4v) is 2.21. The number of nitrogens with zero attached hydrogens (tertiary/aromatic N) is 1. The lowest BCUT2D eigenvalue weighted by atomic mass is 10.1. The van der Waals surface area contributed by atoms with Crippen LogP contribution in [0.25, 0.3) is 0 Å². The molecule has 0 saturated heterocycles. The third-order valence-electron chi connectivity index (χ3n) is 3.52. The fourth-order valence-electron chi connectivity index (χ4n) is 2.21. The maximum absolute atomic E-state index is 10.6. The van der Waals surface area contributed by atoms with E-state index in [-0.39, 0.29) is 11.7 Å². The summed E-state index contributed by atoms with van der Waals surface area (Å²) in [5.41, 5.74) is 2.27. The van der Waals surface area contributed by atoms with Crippen molar-refractivity contribution in [3.63, 3.8) is 0 Å². The van der Waals surface area contributed by atoms with Gasteiger partial charge in [0, 0.05) is 23.9 Å². The third kappa shape index (κ3) is 4.48. The summed E-state index contributed by atoms with van der Waals surface area (Å²) in [6.07, 6.45) is 1.94. The molecule has 22 heavy (non-hydrogen) atoms. The maximum atomic E-state index is 10.6. The number of nitrogens with one attached hydrogen (secondary N) is 1. The Labute approximate surface area is 130 Å². The summed E-state index contributed by atoms with van der Waals surface area (Å²) in [5, 5.41) is 14.0. The van der Waals surface area contributed by atoms with E-state index in [1.807, 2.05) is 12.1 Å². The summed E-state index contributed by atoms with van der Waals surface area (Å²) in [4.78, 5) is 10.2. The zero-order chi connectivity index (χ0) is 15.9. The van der Waals surface area contributed by atoms with E-state index in [1.165, 1.54) is 17.7 Å². The van der Waals surface area contributed by atoms with Gasteiger partial charge in [-0.1, -0.05) is 12.1 Å². The minimum absolute atomic E-state index is 0.108. The van der Waals surface area contributed by atoms with Gasteiger partial charge < -0.3 is 10.1 Å². The number of nitro groups is 1. The predicted octanol–water partition coefficient (Wildman–Crippen LogP) is 4.04. The van der Waals surface area contributed by atoms with Crippen molar-refractivity contribution in [3.8, 4) is 5.75 Å². The highest BCUT2D eigenvalue weighted by atomic mass is 16.6. The first kappa shape index (κ1) is 15.8. The Morgan fingerprint density at radius 3 is 2.32 bits per heavy atom. The van der Waals surface area contributed by atoms with E-state index in [0.717, 1.165) is 24.3 Å². The van der Waals surface area contributed by atoms with Gasteiger partial charge in [0.15, 0.2) is 0 Å². The quantitative estimate of drug-likeness (QED) is 0.619. The van der Waals surface area contributed by atoms with E-state index in [4.69, 9.17) is 4.74 Å². The van der Waals surface area contributed by atoms with Crippen LogP contribution >= 0.6 is 0 Å². The summed E-state index contributed by atoms with van der Waals surface area (Å²) in [6, 6.07) is 14.8. The topological polar surface area (TPSA) is 64.4 Å². The van der Waals surface area contributed by atoms with Crippen LogP contribution in [0.3, 0.4) is 0 Å². The average molecular weight is 300 g/mol. The lowest BCUT2D eigenvalue weighted by Crippen LogP contribution is -2.15. The number of hydrogen-bond acceptors (Lipinski definition) is 4. The van der Waals surface area contributed by atoms with Crippen molar-refractivity contribution in [2.45, 2.75) is 25.8 Å². The molecule has 0 saturated carbocycles. The summed E-state index contributed by atoms with van der Waals surface area (Å²) >= 11 is 0. The molecule has 2 rings (SSSR count). The highest BCUT2D eigenvalue weighted by molar-refractivity contribution is 5.49. The first-order chi connectivity index (χ1) is 10.6. The van der Waals surface area contributed by atoms with Gasteiger partial charge in [-0.25, -0.2) is 0 Å². The first-order valence-electron chi connectivity index (χ1n) is 7.22. The molecule has 1 N–H and O–H groups in total. The molecule has 0 heterocycles. The number of hydrogen-bond donors (Lipinski definition) is 1. The number of non-ortho nitro benzene ring substituents is 1. The van der Waals surface area contributed by atoms with Crippen LogP contribution in [-0.4, -0.2) is 18.1 Å². The van der Waals surface area contributed by atoms with Crippen molar-refractivity contribution in [1.82, 2.24) is 0 Å². The monoisotopic (exact) mass is 300 g/mol. The van der Waals surface area contributed by atoms with Crippen molar-refractivity contribution in [2.24, 2.45) is 0 Å². The van der Waals surface area contributed by atoms with E-state index in [1.54, 1.807) is 19.2 Å². The van der Waals surface area contributed by atoms with Gasteiger partial charge in [-0.05, 0) is 49.6 Å². The lowest BCUT2D eigenvalue weighted by Gasteiger charge is -2.15. The molecule has 0 radical (unpaired) electrons. The number of rotatable bonds is 7. The van der Waals surface area contributed by atoms with Crippen LogP contribution in [0, 0.1) is 10.1 Å². The Morgan fingerprint density at radius 2 is 1.77 bits per heavy atom. The van der Waals surface area contributed by atoms with Crippen LogP contribution in [0.5, 0.6) is 5.75 Å². The molecule has 116 valence electrons. The van der Waals surface area contributed by atoms with Crippen molar-refractivity contribution < 1.29 is 9.66 Å². The maximum Gasteiger partial charge on any atom is 0.269 e. The van der Waals surface area contributed by atoms with Gasteiger partial charge in [0.05, 0.1) is 12.0 Å². The molecular weight excluding hydrogens is 280 g/mol. The van der Waals surface area contributed by atoms with Crippen molar-refractivity contribution in [2.75, 3.05) is 12.4 Å². The van der Waals surface area contributed by atoms with E-state index in [9.17, 15) is 10.1 Å². The Morgan fingerprint density at radius 1 is 1.14 bits per heavy atom. The Kier molecular flexibility index (Phi) is 5.36. The summed E-state index contributed by atoms with van der Waals surface area (Å²) in [5.74, 6) is 0.862. The van der Waals surface area contributed by atoms with Gasteiger partial charge >= 0.3 is 0 Å². The lowest BCUT2D eigenvalue weighted by molar-refractivity contribution is -0.384. The van der Waals surface area contributed by atoms with Gasteiger partial charge in [0.2, 0.25) is 0 Å². The van der Waals surface area contributed by atoms with Gasteiger partial charge in [0.1, 0.15) is 5.75 Å². The molecule has 5 heteroatoms. The van der Waals surface area contributed by atoms with Gasteiger partial charge in [-0.15, -0.1) is 0 Å². The SMILES string of the molecule is COc1ccc(CCC(C)Nc2ccc([N+](=O)[O-])cc2)cc1. The van der Waals surface area contributed by atoms with Gasteiger partial charge in [0.25, 0.3) is 5.69 Å². The van der Waals surface area contributed by atoms with Crippen LogP contribution in [-0.2, 0) is 6.42 Å². The number of anilines is 1. The fraction of sp³-hybridized carbons (Fsp3) is 0.294. The second kappa shape index (κ2) is 7.45. The number of ether oxygens (including phenoxy) is 1. The third-order valence-corrected chi connectivity index (χ3v) is 3.52. The smallest absolute Gasteiger partial charge is 0.269 e. The molecule has 0 amide bonds. The Hall–Kier alpha value is -2.56. The van der Waals surface area contributed by atoms with E-state index >= 15 is 0 Å². The molecule has 0 aliphatic rings. The number of aryl methyl sites for hydroxylation is 1. The Bertz CT molecular complexity index is 609. The van der Waals surface area contributed by atoms with Crippen LogP contribution in [0.15, 0.2) is 48.5 Å². The number of benzene rings is 2. The number of nitro benzene ring substituents is 1. The zero-order valence-electron chi connectivity index (χ0n) is 12.8. The summed E-state index contributed by atoms with van der Waals surface area (Å²) in [6.45, 7) is 2.10.